The van der Waals surface area contributed by atoms with Crippen molar-refractivity contribution in [2.24, 2.45) is 0 Å². The van der Waals surface area contributed by atoms with Crippen LogP contribution in [0.2, 0.25) is 0 Å². The third-order valence-electron chi connectivity index (χ3n) is 1.82. The molecular formula is C10H6ClF2NS. The van der Waals surface area contributed by atoms with Gasteiger partial charge in [0.2, 0.25) is 0 Å². The monoisotopic (exact) mass is 245 g/mol. The lowest BCUT2D eigenvalue weighted by molar-refractivity contribution is 0.584. The molecule has 0 atom stereocenters. The third kappa shape index (κ3) is 2.33. The van der Waals surface area contributed by atoms with Crippen molar-refractivity contribution in [1.82, 2.24) is 4.98 Å². The largest absolute Gasteiger partial charge is 0.240 e. The van der Waals surface area contributed by atoms with Crippen LogP contribution in [0.3, 0.4) is 0 Å². The van der Waals surface area contributed by atoms with E-state index in [1.165, 1.54) is 23.5 Å². The van der Waals surface area contributed by atoms with Crippen LogP contribution in [-0.2, 0) is 5.88 Å². The van der Waals surface area contributed by atoms with Gasteiger partial charge in [-0.2, -0.15) is 0 Å². The van der Waals surface area contributed by atoms with Crippen LogP contribution < -0.4 is 0 Å². The summed E-state index contributed by atoms with van der Waals surface area (Å²) < 4.78 is 25.8. The Kier molecular flexibility index (Phi) is 2.98. The van der Waals surface area contributed by atoms with Crippen LogP contribution in [0.4, 0.5) is 8.78 Å². The standard InChI is InChI=1S/C10H6ClF2NS/c11-4-10-14-9(5-15-10)6-1-7(12)3-8(13)2-6/h1-3,5H,4H2. The lowest BCUT2D eigenvalue weighted by atomic mass is 10.1. The quantitative estimate of drug-likeness (QED) is 0.733. The molecule has 1 aromatic carbocycles. The van der Waals surface area contributed by atoms with Gasteiger partial charge < -0.3 is 0 Å². The maximum Gasteiger partial charge on any atom is 0.126 e. The van der Waals surface area contributed by atoms with Gasteiger partial charge in [-0.05, 0) is 12.1 Å². The highest BCUT2D eigenvalue weighted by Crippen LogP contribution is 2.24. The van der Waals surface area contributed by atoms with E-state index in [-0.39, 0.29) is 0 Å². The van der Waals surface area contributed by atoms with Crippen LogP contribution in [0.25, 0.3) is 11.3 Å². The van der Waals surface area contributed by atoms with Crippen LogP contribution in [0, 0.1) is 11.6 Å². The summed E-state index contributed by atoms with van der Waals surface area (Å²) in [6.07, 6.45) is 0. The van der Waals surface area contributed by atoms with Gasteiger partial charge in [0.25, 0.3) is 0 Å². The third-order valence-corrected chi connectivity index (χ3v) is 3.08. The molecule has 0 spiro atoms. The lowest BCUT2D eigenvalue weighted by Gasteiger charge is -1.97. The minimum atomic E-state index is -0.606. The lowest BCUT2D eigenvalue weighted by Crippen LogP contribution is -1.84. The van der Waals surface area contributed by atoms with Gasteiger partial charge in [0, 0.05) is 17.0 Å². The molecule has 0 radical (unpaired) electrons. The Morgan fingerprint density at radius 1 is 1.20 bits per heavy atom. The highest BCUT2D eigenvalue weighted by Gasteiger charge is 2.06. The van der Waals surface area contributed by atoms with E-state index in [4.69, 9.17) is 11.6 Å². The SMILES string of the molecule is Fc1cc(F)cc(-c2csc(CCl)n2)c1. The van der Waals surface area contributed by atoms with Gasteiger partial charge >= 0.3 is 0 Å². The summed E-state index contributed by atoms with van der Waals surface area (Å²) in [6, 6.07) is 3.32. The average Bonchev–Trinajstić information content (AvgIpc) is 2.64. The molecule has 1 aromatic heterocycles. The van der Waals surface area contributed by atoms with E-state index in [0.29, 0.717) is 17.1 Å². The van der Waals surface area contributed by atoms with Crippen LogP contribution >= 0.6 is 22.9 Å². The van der Waals surface area contributed by atoms with Gasteiger partial charge in [0.15, 0.2) is 0 Å². The maximum atomic E-state index is 12.9. The molecule has 0 amide bonds. The summed E-state index contributed by atoms with van der Waals surface area (Å²) in [6.45, 7) is 0. The van der Waals surface area contributed by atoms with E-state index >= 15 is 0 Å². The molecule has 78 valence electrons. The molecule has 0 aliphatic carbocycles. The summed E-state index contributed by atoms with van der Waals surface area (Å²) in [7, 11) is 0. The number of hydrogen-bond donors (Lipinski definition) is 0. The van der Waals surface area contributed by atoms with E-state index in [2.05, 4.69) is 4.98 Å². The zero-order valence-electron chi connectivity index (χ0n) is 7.51. The molecular weight excluding hydrogens is 240 g/mol. The minimum Gasteiger partial charge on any atom is -0.240 e. The zero-order chi connectivity index (χ0) is 10.8. The molecule has 0 bridgehead atoms. The number of aromatic nitrogens is 1. The van der Waals surface area contributed by atoms with E-state index in [0.717, 1.165) is 11.1 Å². The Morgan fingerprint density at radius 2 is 1.87 bits per heavy atom. The Bertz CT molecular complexity index is 464. The molecule has 5 heteroatoms. The predicted octanol–water partition coefficient (Wildman–Crippen LogP) is 3.83. The number of nitrogens with zero attached hydrogens (tertiary/aromatic N) is 1. The molecule has 0 aliphatic rings. The zero-order valence-corrected chi connectivity index (χ0v) is 9.08. The van der Waals surface area contributed by atoms with Crippen molar-refractivity contribution >= 4 is 22.9 Å². The van der Waals surface area contributed by atoms with Gasteiger partial charge in [-0.3, -0.25) is 0 Å². The number of rotatable bonds is 2. The van der Waals surface area contributed by atoms with Gasteiger partial charge in [-0.25, -0.2) is 13.8 Å². The first kappa shape index (κ1) is 10.5. The topological polar surface area (TPSA) is 12.9 Å². The Labute approximate surface area is 94.3 Å². The average molecular weight is 246 g/mol. The van der Waals surface area contributed by atoms with Crippen LogP contribution in [0.15, 0.2) is 23.6 Å². The van der Waals surface area contributed by atoms with E-state index < -0.39 is 11.6 Å². The molecule has 1 heterocycles. The number of halogens is 3. The fourth-order valence-electron chi connectivity index (χ4n) is 1.21. The molecule has 0 N–H and O–H groups in total. The molecule has 15 heavy (non-hydrogen) atoms. The van der Waals surface area contributed by atoms with Crippen LogP contribution in [-0.4, -0.2) is 4.98 Å². The normalized spacial score (nSPS) is 10.6. The van der Waals surface area contributed by atoms with Crippen molar-refractivity contribution in [2.45, 2.75) is 5.88 Å². The smallest absolute Gasteiger partial charge is 0.126 e. The fourth-order valence-corrected chi connectivity index (χ4v) is 2.11. The minimum absolute atomic E-state index is 0.308. The molecule has 2 aromatic rings. The summed E-state index contributed by atoms with van der Waals surface area (Å²) in [5.74, 6) is -0.904. The molecule has 0 fully saturated rings. The summed E-state index contributed by atoms with van der Waals surface area (Å²) in [4.78, 5) is 4.13. The van der Waals surface area contributed by atoms with E-state index in [1.807, 2.05) is 0 Å². The number of hydrogen-bond acceptors (Lipinski definition) is 2. The molecule has 0 aliphatic heterocycles. The van der Waals surface area contributed by atoms with Crippen molar-refractivity contribution in [2.75, 3.05) is 0 Å². The summed E-state index contributed by atoms with van der Waals surface area (Å²) >= 11 is 6.96. The number of alkyl halides is 1. The van der Waals surface area contributed by atoms with Gasteiger partial charge in [-0.1, -0.05) is 0 Å². The molecule has 0 unspecified atom stereocenters. The molecule has 2 rings (SSSR count). The van der Waals surface area contributed by atoms with Crippen molar-refractivity contribution in [3.63, 3.8) is 0 Å². The summed E-state index contributed by atoms with van der Waals surface area (Å²) in [5, 5.41) is 2.46. The van der Waals surface area contributed by atoms with E-state index in [1.54, 1.807) is 5.38 Å². The molecule has 1 nitrogen and oxygen atoms in total. The van der Waals surface area contributed by atoms with Crippen molar-refractivity contribution in [3.8, 4) is 11.3 Å². The highest BCUT2D eigenvalue weighted by atomic mass is 35.5. The van der Waals surface area contributed by atoms with Crippen molar-refractivity contribution in [1.29, 1.82) is 0 Å². The van der Waals surface area contributed by atoms with Crippen molar-refractivity contribution < 1.29 is 8.78 Å². The predicted molar refractivity (Wildman–Crippen MR) is 57.0 cm³/mol. The second kappa shape index (κ2) is 4.24. The summed E-state index contributed by atoms with van der Waals surface area (Å²) in [5.41, 5.74) is 0.981. The Morgan fingerprint density at radius 3 is 2.40 bits per heavy atom. The maximum absolute atomic E-state index is 12.9. The molecule has 0 saturated heterocycles. The first-order valence-corrected chi connectivity index (χ1v) is 5.57. The Balaban J connectivity index is 2.44. The Hall–Kier alpha value is -1.00. The second-order valence-electron chi connectivity index (χ2n) is 2.92. The van der Waals surface area contributed by atoms with Gasteiger partial charge in [-0.15, -0.1) is 22.9 Å². The van der Waals surface area contributed by atoms with Crippen molar-refractivity contribution in [3.05, 3.63) is 40.2 Å². The van der Waals surface area contributed by atoms with Gasteiger partial charge in [0.05, 0.1) is 11.6 Å². The number of thiazole rings is 1. The van der Waals surface area contributed by atoms with Crippen LogP contribution in [0.5, 0.6) is 0 Å². The van der Waals surface area contributed by atoms with E-state index in [9.17, 15) is 8.78 Å². The first-order valence-electron chi connectivity index (χ1n) is 4.16. The first-order chi connectivity index (χ1) is 7.19. The second-order valence-corrected chi connectivity index (χ2v) is 4.13. The highest BCUT2D eigenvalue weighted by molar-refractivity contribution is 7.10. The molecule has 0 saturated carbocycles. The fraction of sp³-hybridized carbons (Fsp3) is 0.100. The van der Waals surface area contributed by atoms with Crippen LogP contribution in [0.1, 0.15) is 5.01 Å². The van der Waals surface area contributed by atoms with Gasteiger partial charge in [0.1, 0.15) is 16.6 Å². The number of benzene rings is 1.